The molecule has 37 heavy (non-hydrogen) atoms. The molecule has 2 aromatic rings. The van der Waals surface area contributed by atoms with Crippen LogP contribution < -0.4 is 10.6 Å². The average Bonchev–Trinajstić information content (AvgIpc) is 3.15. The van der Waals surface area contributed by atoms with Gasteiger partial charge in [0, 0.05) is 5.69 Å². The summed E-state index contributed by atoms with van der Waals surface area (Å²) in [5, 5.41) is 30.4. The molecule has 1 saturated carbocycles. The van der Waals surface area contributed by atoms with Crippen molar-refractivity contribution in [2.75, 3.05) is 11.5 Å². The van der Waals surface area contributed by atoms with Crippen molar-refractivity contribution in [3.05, 3.63) is 64.5 Å². The Kier molecular flexibility index (Phi) is 7.12. The van der Waals surface area contributed by atoms with Crippen molar-refractivity contribution in [3.63, 3.8) is 0 Å². The third-order valence-electron chi connectivity index (χ3n) is 7.05. The minimum Gasteiger partial charge on any atom is -0.396 e. The maximum Gasteiger partial charge on any atom is 0.417 e. The molecule has 0 radical (unpaired) electrons. The van der Waals surface area contributed by atoms with Crippen molar-refractivity contribution < 1.29 is 37.4 Å². The van der Waals surface area contributed by atoms with E-state index in [0.717, 1.165) is 29.2 Å². The first-order chi connectivity index (χ1) is 17.5. The van der Waals surface area contributed by atoms with Crippen LogP contribution in [0.1, 0.15) is 58.6 Å². The predicted molar refractivity (Wildman–Crippen MR) is 123 cm³/mol. The number of halogens is 4. The molecule has 1 heterocycles. The predicted octanol–water partition coefficient (Wildman–Crippen LogP) is 3.46. The third-order valence-corrected chi connectivity index (χ3v) is 7.05. The molecule has 0 bridgehead atoms. The molecule has 1 aliphatic heterocycles. The van der Waals surface area contributed by atoms with Crippen molar-refractivity contribution in [1.29, 1.82) is 5.26 Å². The largest absolute Gasteiger partial charge is 0.417 e. The summed E-state index contributed by atoms with van der Waals surface area (Å²) in [5.41, 5.74) is 3.02. The topological polar surface area (TPSA) is 131 Å². The van der Waals surface area contributed by atoms with Crippen LogP contribution in [0.5, 0.6) is 0 Å². The lowest BCUT2D eigenvalue weighted by molar-refractivity contribution is -0.137. The van der Waals surface area contributed by atoms with E-state index < -0.39 is 65.9 Å². The van der Waals surface area contributed by atoms with E-state index in [1.54, 1.807) is 0 Å². The minimum absolute atomic E-state index is 0.0691. The Balaban J connectivity index is 1.72. The number of carbonyl (C=O) groups is 2. The highest BCUT2D eigenvalue weighted by Gasteiger charge is 2.51. The molecular formula is C25H24F4N4O4. The molecule has 4 N–H and O–H groups in total. The second-order valence-corrected chi connectivity index (χ2v) is 9.12. The molecule has 2 fully saturated rings. The maximum atomic E-state index is 14.4. The summed E-state index contributed by atoms with van der Waals surface area (Å²) in [7, 11) is 0. The van der Waals surface area contributed by atoms with Gasteiger partial charge in [0.1, 0.15) is 12.0 Å². The molecule has 0 spiro atoms. The van der Waals surface area contributed by atoms with Crippen molar-refractivity contribution >= 4 is 17.6 Å². The van der Waals surface area contributed by atoms with Gasteiger partial charge >= 0.3 is 12.2 Å². The SMILES string of the molecule is N#Cc1ccc(N2C(=O)N(C(O)C(CO)c3ccc(C(N)=O)c(F)c3)[C@H]3CCCC[C@@H]32)cc1C(F)(F)F. The van der Waals surface area contributed by atoms with Gasteiger partial charge in [-0.25, -0.2) is 9.18 Å². The number of carbonyl (C=O) groups excluding carboxylic acids is 2. The molecule has 4 rings (SSSR count). The van der Waals surface area contributed by atoms with Crippen LogP contribution in [0.15, 0.2) is 36.4 Å². The van der Waals surface area contributed by atoms with Gasteiger partial charge in [0.05, 0.1) is 47.4 Å². The van der Waals surface area contributed by atoms with Crippen LogP contribution in [0.3, 0.4) is 0 Å². The molecule has 2 aromatic carbocycles. The lowest BCUT2D eigenvalue weighted by Crippen LogP contribution is -2.48. The number of anilines is 1. The van der Waals surface area contributed by atoms with Gasteiger partial charge < -0.3 is 15.9 Å². The number of alkyl halides is 3. The van der Waals surface area contributed by atoms with Crippen LogP contribution in [-0.4, -0.2) is 52.0 Å². The highest BCUT2D eigenvalue weighted by molar-refractivity contribution is 5.96. The van der Waals surface area contributed by atoms with Gasteiger partial charge in [0.2, 0.25) is 0 Å². The zero-order valence-electron chi connectivity index (χ0n) is 19.5. The average molecular weight is 520 g/mol. The Morgan fingerprint density at radius 2 is 1.84 bits per heavy atom. The Morgan fingerprint density at radius 1 is 1.16 bits per heavy atom. The monoisotopic (exact) mass is 520 g/mol. The van der Waals surface area contributed by atoms with E-state index in [-0.39, 0.29) is 16.8 Å². The summed E-state index contributed by atoms with van der Waals surface area (Å²) in [6.45, 7) is -0.688. The number of hydrogen-bond donors (Lipinski definition) is 3. The second-order valence-electron chi connectivity index (χ2n) is 9.12. The highest BCUT2D eigenvalue weighted by Crippen LogP contribution is 2.42. The maximum absolute atomic E-state index is 14.4. The molecule has 0 aromatic heterocycles. The van der Waals surface area contributed by atoms with E-state index >= 15 is 0 Å². The number of aliphatic hydroxyl groups excluding tert-OH is 2. The number of nitrogens with zero attached hydrogens (tertiary/aromatic N) is 3. The number of urea groups is 1. The number of hydrogen-bond acceptors (Lipinski definition) is 5. The minimum atomic E-state index is -4.82. The number of rotatable bonds is 6. The summed E-state index contributed by atoms with van der Waals surface area (Å²) >= 11 is 0. The Labute approximate surface area is 209 Å². The number of amides is 3. The number of benzene rings is 2. The Bertz CT molecular complexity index is 1260. The first kappa shape index (κ1) is 26.4. The molecule has 2 aliphatic rings. The third kappa shape index (κ3) is 4.72. The van der Waals surface area contributed by atoms with Gasteiger partial charge in [0.15, 0.2) is 0 Å². The molecule has 196 valence electrons. The van der Waals surface area contributed by atoms with E-state index in [1.165, 1.54) is 23.1 Å². The molecule has 12 heteroatoms. The fraction of sp³-hybridized carbons (Fsp3) is 0.400. The molecule has 1 saturated heterocycles. The molecular weight excluding hydrogens is 496 g/mol. The second kappa shape index (κ2) is 9.99. The highest BCUT2D eigenvalue weighted by atomic mass is 19.4. The molecule has 4 atom stereocenters. The number of nitriles is 1. The summed E-state index contributed by atoms with van der Waals surface area (Å²) in [6, 6.07) is 5.97. The zero-order valence-corrected chi connectivity index (χ0v) is 19.5. The lowest BCUT2D eigenvalue weighted by atomic mass is 9.88. The standard InChI is InChI=1S/C25H24F4N4O4/c26-19-9-13(6-8-16(19)22(31)35)17(12-34)23(36)33-21-4-2-1-3-20(21)32(24(33)37)15-7-5-14(11-30)18(10-15)25(27,28)29/h5-10,17,20-21,23,34,36H,1-4,12H2,(H2,31,35)/t17?,20-,21-,23?/m0/s1. The molecule has 1 aliphatic carbocycles. The van der Waals surface area contributed by atoms with Gasteiger partial charge in [-0.05, 0) is 48.7 Å². The smallest absolute Gasteiger partial charge is 0.396 e. The number of aliphatic hydroxyl groups is 2. The van der Waals surface area contributed by atoms with E-state index in [1.807, 2.05) is 0 Å². The van der Waals surface area contributed by atoms with Crippen LogP contribution in [0, 0.1) is 17.1 Å². The van der Waals surface area contributed by atoms with Crippen molar-refractivity contribution in [1.82, 2.24) is 4.90 Å². The quantitative estimate of drug-likeness (QED) is 0.502. The summed E-state index contributed by atoms with van der Waals surface area (Å²) in [4.78, 5) is 27.3. The first-order valence-electron chi connectivity index (χ1n) is 11.6. The molecule has 8 nitrogen and oxygen atoms in total. The van der Waals surface area contributed by atoms with E-state index in [0.29, 0.717) is 25.7 Å². The van der Waals surface area contributed by atoms with E-state index in [2.05, 4.69) is 0 Å². The van der Waals surface area contributed by atoms with Crippen LogP contribution in [0.25, 0.3) is 0 Å². The Morgan fingerprint density at radius 3 is 2.41 bits per heavy atom. The van der Waals surface area contributed by atoms with Gasteiger partial charge in [0.25, 0.3) is 5.91 Å². The van der Waals surface area contributed by atoms with Gasteiger partial charge in [-0.2, -0.15) is 18.4 Å². The van der Waals surface area contributed by atoms with Gasteiger partial charge in [-0.1, -0.05) is 18.9 Å². The number of fused-ring (bicyclic) bond motifs is 1. The fourth-order valence-corrected chi connectivity index (χ4v) is 5.28. The van der Waals surface area contributed by atoms with Gasteiger partial charge in [-0.3, -0.25) is 14.6 Å². The van der Waals surface area contributed by atoms with Crippen LogP contribution in [0.4, 0.5) is 28.0 Å². The zero-order chi connectivity index (χ0) is 27.1. The van der Waals surface area contributed by atoms with Crippen LogP contribution in [-0.2, 0) is 6.18 Å². The van der Waals surface area contributed by atoms with Crippen molar-refractivity contribution in [2.45, 2.75) is 56.1 Å². The van der Waals surface area contributed by atoms with Gasteiger partial charge in [-0.15, -0.1) is 0 Å². The van der Waals surface area contributed by atoms with Crippen molar-refractivity contribution in [3.8, 4) is 6.07 Å². The number of nitrogens with two attached hydrogens (primary N) is 1. The van der Waals surface area contributed by atoms with Crippen LogP contribution in [0.2, 0.25) is 0 Å². The summed E-state index contributed by atoms with van der Waals surface area (Å²) < 4.78 is 55.2. The van der Waals surface area contributed by atoms with E-state index in [9.17, 15) is 37.4 Å². The first-order valence-corrected chi connectivity index (χ1v) is 11.6. The molecule has 3 amide bonds. The summed E-state index contributed by atoms with van der Waals surface area (Å²) in [6.07, 6.45) is -4.13. The summed E-state index contributed by atoms with van der Waals surface area (Å²) in [5.74, 6) is -3.13. The van der Waals surface area contributed by atoms with Crippen LogP contribution >= 0.6 is 0 Å². The van der Waals surface area contributed by atoms with Crippen molar-refractivity contribution in [2.24, 2.45) is 5.73 Å². The fourth-order valence-electron chi connectivity index (χ4n) is 5.28. The molecule has 2 unspecified atom stereocenters. The lowest BCUT2D eigenvalue weighted by Gasteiger charge is -2.36. The number of primary amides is 1. The normalized spacial score (nSPS) is 21.4. The Hall–Kier alpha value is -3.69. The van der Waals surface area contributed by atoms with E-state index in [4.69, 9.17) is 11.0 Å².